The van der Waals surface area contributed by atoms with Crippen LogP contribution in [0.15, 0.2) is 48.8 Å². The Bertz CT molecular complexity index is 1490. The van der Waals surface area contributed by atoms with Crippen molar-refractivity contribution in [3.8, 4) is 11.8 Å². The second kappa shape index (κ2) is 8.05. The summed E-state index contributed by atoms with van der Waals surface area (Å²) in [6, 6.07) is 10.7. The Morgan fingerprint density at radius 2 is 1.89 bits per heavy atom. The molecule has 0 spiro atoms. The van der Waals surface area contributed by atoms with E-state index >= 15 is 0 Å². The van der Waals surface area contributed by atoms with Crippen molar-refractivity contribution in [2.45, 2.75) is 31.9 Å². The van der Waals surface area contributed by atoms with E-state index < -0.39 is 24.1 Å². The van der Waals surface area contributed by atoms with Crippen LogP contribution >= 0.6 is 11.6 Å². The third-order valence-corrected chi connectivity index (χ3v) is 6.22. The number of rotatable bonds is 4. The van der Waals surface area contributed by atoms with Crippen molar-refractivity contribution in [1.29, 1.82) is 0 Å². The van der Waals surface area contributed by atoms with Gasteiger partial charge in [-0.3, -0.25) is 4.40 Å². The zero-order chi connectivity index (χ0) is 25.0. The molecule has 4 aromatic rings. The smallest absolute Gasteiger partial charge is 0.317 e. The highest BCUT2D eigenvalue weighted by Crippen LogP contribution is 2.56. The first kappa shape index (κ1) is 23.3. The first-order valence-electron chi connectivity index (χ1n) is 10.6. The summed E-state index contributed by atoms with van der Waals surface area (Å²) < 4.78 is 70.4. The van der Waals surface area contributed by atoms with Gasteiger partial charge in [-0.1, -0.05) is 29.5 Å². The molecule has 2 aromatic heterocycles. The summed E-state index contributed by atoms with van der Waals surface area (Å²) in [4.78, 5) is 5.35. The Morgan fingerprint density at radius 1 is 1.11 bits per heavy atom. The highest BCUT2D eigenvalue weighted by Gasteiger charge is 2.58. The predicted molar refractivity (Wildman–Crippen MR) is 122 cm³/mol. The molecule has 180 valence electrons. The molecule has 35 heavy (non-hydrogen) atoms. The van der Waals surface area contributed by atoms with Crippen LogP contribution in [0.2, 0.25) is 5.02 Å². The Kier molecular flexibility index (Phi) is 5.36. The van der Waals surface area contributed by atoms with Crippen LogP contribution in [0.3, 0.4) is 0 Å². The fraction of sp³-hybridized carbons (Fsp3) is 0.292. The van der Waals surface area contributed by atoms with E-state index in [0.29, 0.717) is 21.5 Å². The molecule has 0 saturated heterocycles. The summed E-state index contributed by atoms with van der Waals surface area (Å²) >= 11 is 6.13. The van der Waals surface area contributed by atoms with Crippen LogP contribution < -0.4 is 4.90 Å². The van der Waals surface area contributed by atoms with E-state index in [4.69, 9.17) is 11.6 Å². The van der Waals surface area contributed by atoms with Gasteiger partial charge in [0.25, 0.3) is 11.7 Å². The van der Waals surface area contributed by atoms with Crippen LogP contribution in [-0.2, 0) is 0 Å². The summed E-state index contributed by atoms with van der Waals surface area (Å²) in [7, 11) is 0. The summed E-state index contributed by atoms with van der Waals surface area (Å²) in [5, 5.41) is 8.47. The average Bonchev–Trinajstić information content (AvgIpc) is 3.45. The molecule has 1 aliphatic rings. The average molecular weight is 506 g/mol. The van der Waals surface area contributed by atoms with Crippen molar-refractivity contribution in [2.24, 2.45) is 5.41 Å². The monoisotopic (exact) mass is 505 g/mol. The molecule has 0 atom stereocenters. The number of alkyl halides is 5. The van der Waals surface area contributed by atoms with E-state index in [1.807, 2.05) is 0 Å². The molecule has 1 fully saturated rings. The minimum absolute atomic E-state index is 0.00152. The molecule has 11 heteroatoms. The van der Waals surface area contributed by atoms with Gasteiger partial charge in [0.05, 0.1) is 10.9 Å². The number of hydrogen-bond donors (Lipinski definition) is 0. The fourth-order valence-corrected chi connectivity index (χ4v) is 4.11. The molecular weight excluding hydrogens is 489 g/mol. The lowest BCUT2D eigenvalue weighted by atomic mass is 10.00. The van der Waals surface area contributed by atoms with Crippen LogP contribution in [-0.4, -0.2) is 38.2 Å². The van der Waals surface area contributed by atoms with Gasteiger partial charge in [0.1, 0.15) is 18.7 Å². The molecule has 5 rings (SSSR count). The maximum absolute atomic E-state index is 13.9. The van der Waals surface area contributed by atoms with E-state index in [0.717, 1.165) is 11.8 Å². The molecule has 0 radical (unpaired) electrons. The van der Waals surface area contributed by atoms with Crippen molar-refractivity contribution in [2.75, 3.05) is 11.4 Å². The highest BCUT2D eigenvalue weighted by molar-refractivity contribution is 6.31. The number of nitrogens with zero attached hydrogens (tertiary/aromatic N) is 5. The van der Waals surface area contributed by atoms with Crippen molar-refractivity contribution >= 4 is 39.8 Å². The van der Waals surface area contributed by atoms with Gasteiger partial charge in [-0.25, -0.2) is 8.78 Å². The number of fused-ring (bicyclic) bond motifs is 3. The van der Waals surface area contributed by atoms with Gasteiger partial charge >= 0.3 is 6.18 Å². The second-order valence-corrected chi connectivity index (χ2v) is 9.01. The topological polar surface area (TPSA) is 46.3 Å². The van der Waals surface area contributed by atoms with Crippen molar-refractivity contribution in [1.82, 2.24) is 19.6 Å². The van der Waals surface area contributed by atoms with Gasteiger partial charge in [0.2, 0.25) is 0 Å². The lowest BCUT2D eigenvalue weighted by molar-refractivity contribution is -0.118. The number of aromatic nitrogens is 4. The van der Waals surface area contributed by atoms with Crippen molar-refractivity contribution < 1.29 is 22.0 Å². The lowest BCUT2D eigenvalue weighted by Crippen LogP contribution is -2.31. The Labute approximate surface area is 201 Å². The minimum atomic E-state index is -4.58. The molecule has 1 saturated carbocycles. The lowest BCUT2D eigenvalue weighted by Gasteiger charge is -2.26. The first-order valence-corrected chi connectivity index (χ1v) is 11.0. The zero-order valence-electron chi connectivity index (χ0n) is 18.2. The predicted octanol–water partition coefficient (Wildman–Crippen LogP) is 6.42. The van der Waals surface area contributed by atoms with Gasteiger partial charge < -0.3 is 4.90 Å². The summed E-state index contributed by atoms with van der Waals surface area (Å²) in [5.74, 6) is 2.51. The van der Waals surface area contributed by atoms with Crippen LogP contribution in [0.4, 0.5) is 33.5 Å². The molecular formula is C24H17ClF5N5. The molecule has 0 aliphatic heterocycles. The van der Waals surface area contributed by atoms with Gasteiger partial charge in [0.15, 0.2) is 0 Å². The molecule has 0 unspecified atom stereocenters. The molecule has 2 heterocycles. The van der Waals surface area contributed by atoms with E-state index in [2.05, 4.69) is 27.0 Å². The van der Waals surface area contributed by atoms with Crippen molar-refractivity contribution in [3.05, 3.63) is 59.4 Å². The largest absolute Gasteiger partial charge is 0.406 e. The normalized spacial score (nSPS) is 15.2. The van der Waals surface area contributed by atoms with Crippen molar-refractivity contribution in [3.63, 3.8) is 0 Å². The third-order valence-electron chi connectivity index (χ3n) is 5.98. The van der Waals surface area contributed by atoms with E-state index in [1.54, 1.807) is 24.3 Å². The fourth-order valence-electron chi connectivity index (χ4n) is 3.94. The number of benzene rings is 2. The Hall–Kier alpha value is -3.45. The molecule has 1 aliphatic carbocycles. The summed E-state index contributed by atoms with van der Waals surface area (Å²) in [6.45, 7) is -0.518. The number of hydrogen-bond acceptors (Lipinski definition) is 4. The van der Waals surface area contributed by atoms with Gasteiger partial charge in [-0.2, -0.15) is 18.2 Å². The zero-order valence-corrected chi connectivity index (χ0v) is 19.0. The first-order chi connectivity index (χ1) is 16.5. The van der Waals surface area contributed by atoms with Gasteiger partial charge in [-0.05, 0) is 49.2 Å². The quantitative estimate of drug-likeness (QED) is 0.237. The van der Waals surface area contributed by atoms with Crippen LogP contribution in [0.5, 0.6) is 0 Å². The van der Waals surface area contributed by atoms with Gasteiger partial charge in [-0.15, -0.1) is 10.2 Å². The summed E-state index contributed by atoms with van der Waals surface area (Å²) in [5.41, 5.74) is -0.438. The minimum Gasteiger partial charge on any atom is -0.317 e. The molecule has 0 amide bonds. The standard InChI is InChI=1S/C24H17ClF5N5/c1-22(26,27)23(9-10-23)8-7-15-3-2-4-17(11-15)34(13-24(28,29)30)20-18-6-5-16(25)12-19(18)35-14-31-33-21(35)32-20/h2-6,11-12,14H,9-10,13H2,1H3. The van der Waals surface area contributed by atoms with Crippen LogP contribution in [0.1, 0.15) is 25.3 Å². The molecule has 5 nitrogen and oxygen atoms in total. The van der Waals surface area contributed by atoms with Crippen LogP contribution in [0, 0.1) is 17.3 Å². The van der Waals surface area contributed by atoms with E-state index in [-0.39, 0.29) is 30.1 Å². The molecule has 2 aromatic carbocycles. The molecule has 0 N–H and O–H groups in total. The number of anilines is 2. The van der Waals surface area contributed by atoms with E-state index in [9.17, 15) is 22.0 Å². The van der Waals surface area contributed by atoms with Crippen LogP contribution in [0.25, 0.3) is 16.7 Å². The molecule has 0 bridgehead atoms. The van der Waals surface area contributed by atoms with E-state index in [1.165, 1.54) is 28.9 Å². The third kappa shape index (κ3) is 4.48. The maximum Gasteiger partial charge on any atom is 0.406 e. The second-order valence-electron chi connectivity index (χ2n) is 8.57. The van der Waals surface area contributed by atoms with Gasteiger partial charge in [0, 0.05) is 28.6 Å². The highest BCUT2D eigenvalue weighted by atomic mass is 35.5. The number of halogens is 6. The SMILES string of the molecule is CC(F)(F)C1(C#Cc2cccc(N(CC(F)(F)F)c3nc4nncn4c4cc(Cl)ccc34)c2)CC1. The maximum atomic E-state index is 13.9. The Morgan fingerprint density at radius 3 is 2.57 bits per heavy atom. The Balaban J connectivity index is 1.65. The summed E-state index contributed by atoms with van der Waals surface area (Å²) in [6.07, 6.45) is -2.63.